The zero-order valence-electron chi connectivity index (χ0n) is 20.0. The van der Waals surface area contributed by atoms with Gasteiger partial charge in [0, 0.05) is 18.1 Å². The van der Waals surface area contributed by atoms with Crippen LogP contribution in [0.2, 0.25) is 5.02 Å². The van der Waals surface area contributed by atoms with Gasteiger partial charge in [-0.3, -0.25) is 13.9 Å². The smallest absolute Gasteiger partial charge is 0.244 e. The van der Waals surface area contributed by atoms with Gasteiger partial charge < -0.3 is 15.0 Å². The normalized spacial score (nSPS) is 12.0. The van der Waals surface area contributed by atoms with Gasteiger partial charge in [0.1, 0.15) is 18.3 Å². The summed E-state index contributed by atoms with van der Waals surface area (Å²) in [5, 5.41) is 3.34. The number of nitrogens with one attached hydrogen (secondary N) is 1. The highest BCUT2D eigenvalue weighted by Crippen LogP contribution is 2.22. The van der Waals surface area contributed by atoms with E-state index in [0.717, 1.165) is 29.0 Å². The summed E-state index contributed by atoms with van der Waals surface area (Å²) in [5.41, 5.74) is 1.05. The number of benzene rings is 2. The van der Waals surface area contributed by atoms with Crippen LogP contribution >= 0.6 is 11.6 Å². The first-order chi connectivity index (χ1) is 16.1. The second-order valence-corrected chi connectivity index (χ2v) is 10.3. The van der Waals surface area contributed by atoms with E-state index in [-0.39, 0.29) is 12.5 Å². The predicted octanol–water partition coefficient (Wildman–Crippen LogP) is 3.45. The van der Waals surface area contributed by atoms with Crippen molar-refractivity contribution in [2.24, 2.45) is 0 Å². The maximum atomic E-state index is 13.4. The average Bonchev–Trinajstić information content (AvgIpc) is 2.80. The lowest BCUT2D eigenvalue weighted by Crippen LogP contribution is -2.51. The lowest BCUT2D eigenvalue weighted by atomic mass is 10.1. The predicted molar refractivity (Wildman–Crippen MR) is 135 cm³/mol. The fourth-order valence-electron chi connectivity index (χ4n) is 3.31. The highest BCUT2D eigenvalue weighted by molar-refractivity contribution is 7.92. The third-order valence-electron chi connectivity index (χ3n) is 5.28. The summed E-state index contributed by atoms with van der Waals surface area (Å²) in [6, 6.07) is 12.5. The van der Waals surface area contributed by atoms with E-state index in [0.29, 0.717) is 23.0 Å². The molecule has 0 saturated heterocycles. The van der Waals surface area contributed by atoms with Gasteiger partial charge >= 0.3 is 0 Å². The van der Waals surface area contributed by atoms with Gasteiger partial charge in [-0.2, -0.15) is 0 Å². The zero-order chi connectivity index (χ0) is 25.3. The van der Waals surface area contributed by atoms with Gasteiger partial charge in [-0.15, -0.1) is 0 Å². The van der Waals surface area contributed by atoms with Crippen LogP contribution in [0.4, 0.5) is 5.69 Å². The topological polar surface area (TPSA) is 96.0 Å². The summed E-state index contributed by atoms with van der Waals surface area (Å²) < 4.78 is 31.3. The van der Waals surface area contributed by atoms with E-state index in [9.17, 15) is 18.0 Å². The number of carbonyl (C=O) groups excluding carboxylic acids is 2. The second kappa shape index (κ2) is 12.6. The zero-order valence-corrected chi connectivity index (χ0v) is 21.5. The van der Waals surface area contributed by atoms with E-state index < -0.39 is 28.5 Å². The maximum Gasteiger partial charge on any atom is 0.244 e. The number of hydrogen-bond donors (Lipinski definition) is 1. The molecule has 0 aromatic heterocycles. The Labute approximate surface area is 206 Å². The van der Waals surface area contributed by atoms with Gasteiger partial charge in [-0.1, -0.05) is 37.1 Å². The van der Waals surface area contributed by atoms with E-state index >= 15 is 0 Å². The molecule has 2 amide bonds. The molecule has 8 nitrogen and oxygen atoms in total. The number of anilines is 1. The summed E-state index contributed by atoms with van der Waals surface area (Å²) in [6.07, 6.45) is 2.78. The highest BCUT2D eigenvalue weighted by Gasteiger charge is 2.30. The largest absolute Gasteiger partial charge is 0.497 e. The summed E-state index contributed by atoms with van der Waals surface area (Å²) in [4.78, 5) is 27.6. The molecule has 0 spiro atoms. The van der Waals surface area contributed by atoms with Crippen LogP contribution in [0.5, 0.6) is 5.75 Å². The molecule has 0 fully saturated rings. The molecule has 0 radical (unpaired) electrons. The number of hydrogen-bond acceptors (Lipinski definition) is 5. The van der Waals surface area contributed by atoms with Crippen LogP contribution in [0.15, 0.2) is 48.5 Å². The molecule has 1 unspecified atom stereocenters. The number of carbonyl (C=O) groups is 2. The molecular formula is C24H32ClN3O5S. The minimum absolute atomic E-state index is 0.0992. The van der Waals surface area contributed by atoms with Gasteiger partial charge in [-0.05, 0) is 55.3 Å². The van der Waals surface area contributed by atoms with E-state index in [1.807, 2.05) is 6.92 Å². The van der Waals surface area contributed by atoms with E-state index in [1.54, 1.807) is 55.5 Å². The molecule has 1 N–H and O–H groups in total. The van der Waals surface area contributed by atoms with Crippen molar-refractivity contribution in [2.45, 2.75) is 39.3 Å². The van der Waals surface area contributed by atoms with Crippen LogP contribution in [-0.2, 0) is 26.2 Å². The Bertz CT molecular complexity index is 1080. The first-order valence-corrected chi connectivity index (χ1v) is 13.2. The fraction of sp³-hybridized carbons (Fsp3) is 0.417. The van der Waals surface area contributed by atoms with Gasteiger partial charge in [0.25, 0.3) is 0 Å². The molecule has 0 bridgehead atoms. The number of sulfonamides is 1. The summed E-state index contributed by atoms with van der Waals surface area (Å²) >= 11 is 6.10. The van der Waals surface area contributed by atoms with Gasteiger partial charge in [0.2, 0.25) is 21.8 Å². The molecule has 2 aromatic carbocycles. The lowest BCUT2D eigenvalue weighted by molar-refractivity contribution is -0.139. The number of rotatable bonds is 12. The molecular weight excluding hydrogens is 478 g/mol. The Morgan fingerprint density at radius 1 is 1.15 bits per heavy atom. The van der Waals surface area contributed by atoms with E-state index in [2.05, 4.69) is 5.32 Å². The molecule has 34 heavy (non-hydrogen) atoms. The number of halogens is 1. The van der Waals surface area contributed by atoms with Gasteiger partial charge in [-0.25, -0.2) is 8.42 Å². The van der Waals surface area contributed by atoms with Crippen molar-refractivity contribution in [1.82, 2.24) is 10.2 Å². The standard InChI is InChI=1S/C24H32ClN3O5S/c1-5-6-14-26-24(30)18(2)27(16-19-8-7-9-20(25)15-19)23(29)17-28(34(4,31)32)21-10-12-22(33-3)13-11-21/h7-13,15,18H,5-6,14,16-17H2,1-4H3,(H,26,30). The number of nitrogens with zero attached hydrogens (tertiary/aromatic N) is 2. The molecule has 1 atom stereocenters. The van der Waals surface area contributed by atoms with E-state index in [1.165, 1.54) is 12.0 Å². The fourth-order valence-corrected chi connectivity index (χ4v) is 4.38. The molecule has 0 aliphatic heterocycles. The first-order valence-electron chi connectivity index (χ1n) is 11.0. The minimum atomic E-state index is -3.79. The van der Waals surface area contributed by atoms with Crippen LogP contribution in [0.25, 0.3) is 0 Å². The second-order valence-electron chi connectivity index (χ2n) is 7.94. The van der Waals surface area contributed by atoms with Crippen molar-refractivity contribution in [1.29, 1.82) is 0 Å². The van der Waals surface area contributed by atoms with Crippen LogP contribution < -0.4 is 14.4 Å². The quantitative estimate of drug-likeness (QED) is 0.442. The molecule has 10 heteroatoms. The Balaban J connectivity index is 2.34. The third-order valence-corrected chi connectivity index (χ3v) is 6.65. The first kappa shape index (κ1) is 27.5. The molecule has 0 heterocycles. The molecule has 0 aliphatic carbocycles. The number of unbranched alkanes of at least 4 members (excludes halogenated alkanes) is 1. The van der Waals surface area contributed by atoms with Crippen molar-refractivity contribution >= 4 is 39.1 Å². The van der Waals surface area contributed by atoms with Gasteiger partial charge in [0.15, 0.2) is 0 Å². The van der Waals surface area contributed by atoms with Gasteiger partial charge in [0.05, 0.1) is 19.1 Å². The molecule has 0 saturated carbocycles. The molecule has 2 aromatic rings. The van der Waals surface area contributed by atoms with Crippen molar-refractivity contribution in [2.75, 3.05) is 30.8 Å². The Morgan fingerprint density at radius 3 is 2.38 bits per heavy atom. The molecule has 2 rings (SSSR count). The van der Waals surface area contributed by atoms with Crippen LogP contribution in [-0.4, -0.2) is 57.6 Å². The summed E-state index contributed by atoms with van der Waals surface area (Å²) in [6.45, 7) is 3.78. The third kappa shape index (κ3) is 7.92. The Morgan fingerprint density at radius 2 is 1.82 bits per heavy atom. The average molecular weight is 510 g/mol. The Hall–Kier alpha value is -2.78. The van der Waals surface area contributed by atoms with E-state index in [4.69, 9.17) is 16.3 Å². The van der Waals surface area contributed by atoms with Crippen LogP contribution in [0.3, 0.4) is 0 Å². The van der Waals surface area contributed by atoms with Crippen molar-refractivity contribution < 1.29 is 22.7 Å². The maximum absolute atomic E-state index is 13.4. The SMILES string of the molecule is CCCCNC(=O)C(C)N(Cc1cccc(Cl)c1)C(=O)CN(c1ccc(OC)cc1)S(C)(=O)=O. The molecule has 0 aliphatic rings. The minimum Gasteiger partial charge on any atom is -0.497 e. The van der Waals surface area contributed by atoms with Crippen LogP contribution in [0, 0.1) is 0 Å². The summed E-state index contributed by atoms with van der Waals surface area (Å²) in [7, 11) is -2.28. The highest BCUT2D eigenvalue weighted by atomic mass is 35.5. The van der Waals surface area contributed by atoms with Crippen molar-refractivity contribution in [3.05, 3.63) is 59.1 Å². The number of methoxy groups -OCH3 is 1. The van der Waals surface area contributed by atoms with Crippen molar-refractivity contribution in [3.63, 3.8) is 0 Å². The lowest BCUT2D eigenvalue weighted by Gasteiger charge is -2.31. The number of amides is 2. The number of ether oxygens (including phenoxy) is 1. The van der Waals surface area contributed by atoms with Crippen molar-refractivity contribution in [3.8, 4) is 5.75 Å². The molecule has 186 valence electrons. The monoisotopic (exact) mass is 509 g/mol. The Kier molecular flexibility index (Phi) is 10.2. The summed E-state index contributed by atoms with van der Waals surface area (Å²) in [5.74, 6) is -0.262. The van der Waals surface area contributed by atoms with Crippen LogP contribution in [0.1, 0.15) is 32.3 Å².